The third-order valence-electron chi connectivity index (χ3n) is 6.29. The van der Waals surface area contributed by atoms with Crippen molar-refractivity contribution in [3.05, 3.63) is 29.8 Å². The summed E-state index contributed by atoms with van der Waals surface area (Å²) in [6.45, 7) is 3.22. The summed E-state index contributed by atoms with van der Waals surface area (Å²) in [7, 11) is -3.65. The van der Waals surface area contributed by atoms with E-state index in [0.717, 1.165) is 12.8 Å². The highest BCUT2D eigenvalue weighted by molar-refractivity contribution is 7.90. The number of carbonyl (C=O) groups is 2. The molecule has 1 saturated carbocycles. The molecule has 1 N–H and O–H groups in total. The molecular weight excluding hydrogens is 434 g/mol. The van der Waals surface area contributed by atoms with Crippen molar-refractivity contribution in [2.75, 3.05) is 19.7 Å². The molecule has 0 unspecified atom stereocenters. The van der Waals surface area contributed by atoms with E-state index in [0.29, 0.717) is 56.8 Å². The first-order chi connectivity index (χ1) is 15.4. The van der Waals surface area contributed by atoms with E-state index < -0.39 is 16.1 Å². The standard InChI is InChI=1S/C22H29N3O6S/c1-2-30-22(27)23-16-7-9-17(10-8-16)31-21(26)15-11-13-25(14-12-15)20-18-5-3-4-6-19(18)32(28,29)24-20/h3-6,15-17H,2,7-14H2,1H3,(H,23,27). The Morgan fingerprint density at radius 1 is 1.09 bits per heavy atom. The van der Waals surface area contributed by atoms with E-state index in [-0.39, 0.29) is 28.9 Å². The molecular formula is C22H29N3O6S. The van der Waals surface area contributed by atoms with E-state index >= 15 is 0 Å². The van der Waals surface area contributed by atoms with Gasteiger partial charge in [0.25, 0.3) is 10.0 Å². The predicted molar refractivity (Wildman–Crippen MR) is 117 cm³/mol. The lowest BCUT2D eigenvalue weighted by atomic mass is 9.92. The van der Waals surface area contributed by atoms with Gasteiger partial charge in [-0.05, 0) is 57.6 Å². The Morgan fingerprint density at radius 3 is 2.47 bits per heavy atom. The molecule has 4 rings (SSSR count). The number of rotatable bonds is 4. The van der Waals surface area contributed by atoms with Gasteiger partial charge < -0.3 is 19.7 Å². The van der Waals surface area contributed by atoms with E-state index in [2.05, 4.69) is 9.71 Å². The molecule has 1 saturated heterocycles. The molecule has 2 fully saturated rings. The van der Waals surface area contributed by atoms with Gasteiger partial charge in [0.15, 0.2) is 5.84 Å². The molecule has 0 aromatic heterocycles. The number of sulfonamides is 1. The molecule has 0 bridgehead atoms. The molecule has 10 heteroatoms. The molecule has 1 aromatic carbocycles. The van der Waals surface area contributed by atoms with Crippen LogP contribution in [0.5, 0.6) is 0 Å². The number of amides is 1. The number of fused-ring (bicyclic) bond motifs is 1. The summed E-state index contributed by atoms with van der Waals surface area (Å²) in [4.78, 5) is 26.4. The normalized spacial score (nSPS) is 24.9. The van der Waals surface area contributed by atoms with Crippen molar-refractivity contribution in [2.45, 2.75) is 62.5 Å². The van der Waals surface area contributed by atoms with Crippen molar-refractivity contribution in [3.63, 3.8) is 0 Å². The lowest BCUT2D eigenvalue weighted by molar-refractivity contribution is -0.157. The molecule has 3 aliphatic rings. The summed E-state index contributed by atoms with van der Waals surface area (Å²) in [5, 5.41) is 2.84. The molecule has 1 aromatic rings. The van der Waals surface area contributed by atoms with Gasteiger partial charge in [0.05, 0.1) is 12.5 Å². The highest BCUT2D eigenvalue weighted by Crippen LogP contribution is 2.30. The minimum atomic E-state index is -3.65. The van der Waals surface area contributed by atoms with Crippen molar-refractivity contribution in [3.8, 4) is 0 Å². The maximum atomic E-state index is 12.7. The van der Waals surface area contributed by atoms with Gasteiger partial charge in [-0.2, -0.15) is 8.42 Å². The highest BCUT2D eigenvalue weighted by atomic mass is 32.2. The molecule has 0 spiro atoms. The average Bonchev–Trinajstić information content (AvgIpc) is 3.06. The lowest BCUT2D eigenvalue weighted by Gasteiger charge is -2.34. The fourth-order valence-corrected chi connectivity index (χ4v) is 5.80. The van der Waals surface area contributed by atoms with Crippen LogP contribution in [0.15, 0.2) is 33.6 Å². The first kappa shape index (κ1) is 22.6. The summed E-state index contributed by atoms with van der Waals surface area (Å²) in [6.07, 6.45) is 3.60. The van der Waals surface area contributed by atoms with Gasteiger partial charge in [0.2, 0.25) is 0 Å². The maximum Gasteiger partial charge on any atom is 0.407 e. The maximum absolute atomic E-state index is 12.7. The number of carbonyl (C=O) groups excluding carboxylic acids is 2. The molecule has 174 valence electrons. The lowest BCUT2D eigenvalue weighted by Crippen LogP contribution is -2.42. The minimum Gasteiger partial charge on any atom is -0.462 e. The number of benzene rings is 1. The van der Waals surface area contributed by atoms with E-state index in [1.165, 1.54) is 0 Å². The molecule has 0 radical (unpaired) electrons. The monoisotopic (exact) mass is 463 g/mol. The molecule has 0 atom stereocenters. The number of amidine groups is 1. The number of alkyl carbamates (subject to hydrolysis) is 1. The SMILES string of the molecule is CCOC(=O)NC1CCC(OC(=O)C2CCN(C3=NS(=O)(=O)c4ccccc43)CC2)CC1. The van der Waals surface area contributed by atoms with Gasteiger partial charge in [0, 0.05) is 24.7 Å². The molecule has 1 amide bonds. The number of hydrogen-bond donors (Lipinski definition) is 1. The number of piperidine rings is 1. The van der Waals surface area contributed by atoms with Crippen LogP contribution in [0, 0.1) is 5.92 Å². The second-order valence-electron chi connectivity index (χ2n) is 8.42. The van der Waals surface area contributed by atoms with Crippen molar-refractivity contribution >= 4 is 27.9 Å². The van der Waals surface area contributed by atoms with Gasteiger partial charge in [-0.1, -0.05) is 12.1 Å². The second-order valence-corrected chi connectivity index (χ2v) is 10.00. The fraction of sp³-hybridized carbons (Fsp3) is 0.591. The Kier molecular flexibility index (Phi) is 6.68. The number of esters is 1. The van der Waals surface area contributed by atoms with Crippen molar-refractivity contribution < 1.29 is 27.5 Å². The first-order valence-electron chi connectivity index (χ1n) is 11.2. The van der Waals surface area contributed by atoms with Gasteiger partial charge in [0.1, 0.15) is 11.0 Å². The van der Waals surface area contributed by atoms with Crippen LogP contribution < -0.4 is 5.32 Å². The highest BCUT2D eigenvalue weighted by Gasteiger charge is 2.35. The minimum absolute atomic E-state index is 0.0542. The Balaban J connectivity index is 1.25. The summed E-state index contributed by atoms with van der Waals surface area (Å²) < 4.78 is 39.2. The van der Waals surface area contributed by atoms with Crippen LogP contribution in [0.25, 0.3) is 0 Å². The van der Waals surface area contributed by atoms with Crippen LogP contribution in [0.2, 0.25) is 0 Å². The van der Waals surface area contributed by atoms with Crippen molar-refractivity contribution in [2.24, 2.45) is 10.3 Å². The average molecular weight is 464 g/mol. The van der Waals surface area contributed by atoms with Crippen molar-refractivity contribution in [1.29, 1.82) is 0 Å². The molecule has 2 aliphatic heterocycles. The van der Waals surface area contributed by atoms with E-state index in [4.69, 9.17) is 9.47 Å². The van der Waals surface area contributed by atoms with Gasteiger partial charge >= 0.3 is 12.1 Å². The third-order valence-corrected chi connectivity index (χ3v) is 7.62. The third kappa shape index (κ3) is 4.90. The summed E-state index contributed by atoms with van der Waals surface area (Å²) in [5.74, 6) is 0.0863. The quantitative estimate of drug-likeness (QED) is 0.682. The Labute approximate surface area is 188 Å². The van der Waals surface area contributed by atoms with Crippen LogP contribution in [0.1, 0.15) is 51.0 Å². The molecule has 2 heterocycles. The van der Waals surface area contributed by atoms with Crippen LogP contribution in [-0.4, -0.2) is 63.1 Å². The van der Waals surface area contributed by atoms with E-state index in [1.807, 2.05) is 4.90 Å². The van der Waals surface area contributed by atoms with Gasteiger partial charge in [-0.15, -0.1) is 4.40 Å². The number of nitrogens with one attached hydrogen (secondary N) is 1. The Bertz CT molecular complexity index is 993. The molecule has 32 heavy (non-hydrogen) atoms. The number of likely N-dealkylation sites (tertiary alicyclic amines) is 1. The summed E-state index contributed by atoms with van der Waals surface area (Å²) in [6, 6.07) is 6.89. The van der Waals surface area contributed by atoms with Crippen LogP contribution in [0.4, 0.5) is 4.79 Å². The predicted octanol–water partition coefficient (Wildman–Crippen LogP) is 2.45. The van der Waals surface area contributed by atoms with Gasteiger partial charge in [-0.25, -0.2) is 4.79 Å². The zero-order chi connectivity index (χ0) is 22.7. The van der Waals surface area contributed by atoms with Crippen molar-refractivity contribution in [1.82, 2.24) is 10.2 Å². The Hall–Kier alpha value is -2.62. The second kappa shape index (κ2) is 9.48. The zero-order valence-corrected chi connectivity index (χ0v) is 19.0. The smallest absolute Gasteiger partial charge is 0.407 e. The zero-order valence-electron chi connectivity index (χ0n) is 18.2. The van der Waals surface area contributed by atoms with Crippen LogP contribution in [0.3, 0.4) is 0 Å². The number of ether oxygens (including phenoxy) is 2. The van der Waals surface area contributed by atoms with Crippen LogP contribution in [-0.2, 0) is 24.3 Å². The summed E-state index contributed by atoms with van der Waals surface area (Å²) in [5.41, 5.74) is 0.627. The molecule has 9 nitrogen and oxygen atoms in total. The van der Waals surface area contributed by atoms with E-state index in [9.17, 15) is 18.0 Å². The largest absolute Gasteiger partial charge is 0.462 e. The number of hydrogen-bond acceptors (Lipinski definition) is 7. The first-order valence-corrected chi connectivity index (χ1v) is 12.6. The molecule has 1 aliphatic carbocycles. The summed E-state index contributed by atoms with van der Waals surface area (Å²) >= 11 is 0. The van der Waals surface area contributed by atoms with Gasteiger partial charge in [-0.3, -0.25) is 4.79 Å². The number of nitrogens with zero attached hydrogens (tertiary/aromatic N) is 2. The Morgan fingerprint density at radius 2 is 1.78 bits per heavy atom. The topological polar surface area (TPSA) is 114 Å². The van der Waals surface area contributed by atoms with E-state index in [1.54, 1.807) is 31.2 Å². The fourth-order valence-electron chi connectivity index (χ4n) is 4.57. The van der Waals surface area contributed by atoms with Crippen LogP contribution >= 0.6 is 0 Å².